The molecule has 6 heteroatoms. The third-order valence-electron chi connectivity index (χ3n) is 1.49. The molecule has 0 unspecified atom stereocenters. The Morgan fingerprint density at radius 1 is 1.53 bits per heavy atom. The van der Waals surface area contributed by atoms with Crippen molar-refractivity contribution in [1.82, 2.24) is 9.97 Å². The van der Waals surface area contributed by atoms with Crippen LogP contribution < -0.4 is 10.5 Å². The molecule has 15 heavy (non-hydrogen) atoms. The summed E-state index contributed by atoms with van der Waals surface area (Å²) >= 11 is 1.38. The molecule has 0 saturated heterocycles. The first-order valence-corrected chi connectivity index (χ1v) is 5.64. The fraction of sp³-hybridized carbons (Fsp3) is 0.556. The van der Waals surface area contributed by atoms with E-state index in [0.29, 0.717) is 22.3 Å². The summed E-state index contributed by atoms with van der Waals surface area (Å²) in [5, 5.41) is 9.34. The van der Waals surface area contributed by atoms with Crippen LogP contribution in [0.3, 0.4) is 0 Å². The van der Waals surface area contributed by atoms with Crippen molar-refractivity contribution in [1.29, 1.82) is 0 Å². The quantitative estimate of drug-likeness (QED) is 0.577. The van der Waals surface area contributed by atoms with Crippen molar-refractivity contribution in [2.75, 3.05) is 18.1 Å². The fourth-order valence-corrected chi connectivity index (χ4v) is 1.59. The lowest BCUT2D eigenvalue weighted by Crippen LogP contribution is -2.10. The standard InChI is InChI=1S/C9H15N3O2S/c1-6(2)14-8-7(10)9(12-5-11-8)15-4-3-13/h5-6,13H,3-4,10H2,1-2H3. The highest BCUT2D eigenvalue weighted by molar-refractivity contribution is 7.99. The summed E-state index contributed by atoms with van der Waals surface area (Å²) in [5.74, 6) is 0.961. The van der Waals surface area contributed by atoms with Crippen LogP contribution in [0.2, 0.25) is 0 Å². The summed E-state index contributed by atoms with van der Waals surface area (Å²) < 4.78 is 5.41. The Labute approximate surface area is 93.1 Å². The van der Waals surface area contributed by atoms with Gasteiger partial charge >= 0.3 is 0 Å². The molecule has 0 aromatic carbocycles. The maximum atomic E-state index is 8.70. The lowest BCUT2D eigenvalue weighted by atomic mass is 10.4. The average Bonchev–Trinajstić information content (AvgIpc) is 2.19. The van der Waals surface area contributed by atoms with Crippen LogP contribution in [-0.4, -0.2) is 33.5 Å². The molecule has 0 aliphatic carbocycles. The van der Waals surface area contributed by atoms with E-state index >= 15 is 0 Å². The Hall–Kier alpha value is -1.01. The van der Waals surface area contributed by atoms with E-state index in [1.807, 2.05) is 13.8 Å². The van der Waals surface area contributed by atoms with E-state index in [1.54, 1.807) is 0 Å². The van der Waals surface area contributed by atoms with Gasteiger partial charge in [-0.3, -0.25) is 0 Å². The van der Waals surface area contributed by atoms with Crippen molar-refractivity contribution < 1.29 is 9.84 Å². The largest absolute Gasteiger partial charge is 0.473 e. The number of hydrogen-bond acceptors (Lipinski definition) is 6. The number of hydrogen-bond donors (Lipinski definition) is 2. The van der Waals surface area contributed by atoms with Crippen LogP contribution in [0.15, 0.2) is 11.4 Å². The highest BCUT2D eigenvalue weighted by Crippen LogP contribution is 2.28. The van der Waals surface area contributed by atoms with Gasteiger partial charge in [0.05, 0.1) is 12.7 Å². The predicted molar refractivity (Wildman–Crippen MR) is 60.0 cm³/mol. The maximum absolute atomic E-state index is 8.70. The number of rotatable bonds is 5. The third-order valence-corrected chi connectivity index (χ3v) is 2.47. The van der Waals surface area contributed by atoms with E-state index in [4.69, 9.17) is 15.6 Å². The van der Waals surface area contributed by atoms with Crippen molar-refractivity contribution in [2.45, 2.75) is 25.0 Å². The summed E-state index contributed by atoms with van der Waals surface area (Å²) in [5.41, 5.74) is 6.25. The zero-order chi connectivity index (χ0) is 11.3. The molecule has 3 N–H and O–H groups in total. The van der Waals surface area contributed by atoms with Gasteiger partial charge in [0.15, 0.2) is 0 Å². The van der Waals surface area contributed by atoms with Gasteiger partial charge in [0, 0.05) is 5.75 Å². The summed E-state index contributed by atoms with van der Waals surface area (Å²) in [6.07, 6.45) is 1.44. The van der Waals surface area contributed by atoms with E-state index in [2.05, 4.69) is 9.97 Å². The van der Waals surface area contributed by atoms with Gasteiger partial charge in [-0.1, -0.05) is 0 Å². The lowest BCUT2D eigenvalue weighted by Gasteiger charge is -2.11. The summed E-state index contributed by atoms with van der Waals surface area (Å²) in [6.45, 7) is 3.90. The first-order chi connectivity index (χ1) is 7.15. The van der Waals surface area contributed by atoms with Gasteiger partial charge in [0.2, 0.25) is 5.88 Å². The van der Waals surface area contributed by atoms with Gasteiger partial charge in [0.25, 0.3) is 0 Å². The molecule has 0 atom stereocenters. The number of nitrogens with zero attached hydrogens (tertiary/aromatic N) is 2. The molecule has 84 valence electrons. The summed E-state index contributed by atoms with van der Waals surface area (Å²) in [4.78, 5) is 7.97. The SMILES string of the molecule is CC(C)Oc1ncnc(SCCO)c1N. The average molecular weight is 229 g/mol. The van der Waals surface area contributed by atoms with Gasteiger partial charge < -0.3 is 15.6 Å². The number of nitrogen functional groups attached to an aromatic ring is 1. The van der Waals surface area contributed by atoms with Crippen LogP contribution in [0, 0.1) is 0 Å². The van der Waals surface area contributed by atoms with Gasteiger partial charge in [-0.05, 0) is 13.8 Å². The Bertz CT molecular complexity index is 320. The minimum Gasteiger partial charge on any atom is -0.473 e. The minimum atomic E-state index is 0.0258. The van der Waals surface area contributed by atoms with Gasteiger partial charge in [0.1, 0.15) is 17.0 Å². The molecule has 1 rings (SSSR count). The first kappa shape index (κ1) is 12.1. The molecule has 0 bridgehead atoms. The number of thioether (sulfide) groups is 1. The van der Waals surface area contributed by atoms with Crippen molar-refractivity contribution >= 4 is 17.4 Å². The molecular formula is C9H15N3O2S. The van der Waals surface area contributed by atoms with Crippen molar-refractivity contribution in [3.05, 3.63) is 6.33 Å². The molecule has 0 aliphatic heterocycles. The third kappa shape index (κ3) is 3.56. The van der Waals surface area contributed by atoms with Gasteiger partial charge in [-0.2, -0.15) is 4.98 Å². The molecule has 0 fully saturated rings. The summed E-state index contributed by atoms with van der Waals surface area (Å²) in [7, 11) is 0. The second kappa shape index (κ2) is 5.77. The van der Waals surface area contributed by atoms with Crippen LogP contribution in [0.1, 0.15) is 13.8 Å². The lowest BCUT2D eigenvalue weighted by molar-refractivity contribution is 0.233. The van der Waals surface area contributed by atoms with E-state index in [1.165, 1.54) is 18.1 Å². The van der Waals surface area contributed by atoms with E-state index in [0.717, 1.165) is 0 Å². The maximum Gasteiger partial charge on any atom is 0.241 e. The molecule has 5 nitrogen and oxygen atoms in total. The molecular weight excluding hydrogens is 214 g/mol. The second-order valence-corrected chi connectivity index (χ2v) is 4.22. The van der Waals surface area contributed by atoms with Crippen LogP contribution in [0.5, 0.6) is 5.88 Å². The molecule has 0 aliphatic rings. The Morgan fingerprint density at radius 2 is 2.27 bits per heavy atom. The zero-order valence-corrected chi connectivity index (χ0v) is 9.62. The molecule has 1 heterocycles. The molecule has 0 spiro atoms. The van der Waals surface area contributed by atoms with Gasteiger partial charge in [-0.15, -0.1) is 11.8 Å². The van der Waals surface area contributed by atoms with Crippen LogP contribution in [0.4, 0.5) is 5.69 Å². The molecule has 0 saturated carbocycles. The van der Waals surface area contributed by atoms with Gasteiger partial charge in [-0.25, -0.2) is 4.98 Å². The normalized spacial score (nSPS) is 10.7. The molecule has 1 aromatic rings. The highest BCUT2D eigenvalue weighted by atomic mass is 32.2. The van der Waals surface area contributed by atoms with Crippen LogP contribution in [0.25, 0.3) is 0 Å². The van der Waals surface area contributed by atoms with Crippen molar-refractivity contribution in [2.24, 2.45) is 0 Å². The number of aliphatic hydroxyl groups is 1. The number of nitrogens with two attached hydrogens (primary N) is 1. The smallest absolute Gasteiger partial charge is 0.241 e. The van der Waals surface area contributed by atoms with Crippen LogP contribution >= 0.6 is 11.8 Å². The van der Waals surface area contributed by atoms with E-state index in [-0.39, 0.29) is 12.7 Å². The second-order valence-electron chi connectivity index (χ2n) is 3.14. The molecule has 0 amide bonds. The number of aromatic nitrogens is 2. The predicted octanol–water partition coefficient (Wildman–Crippen LogP) is 0.930. The number of aliphatic hydroxyl groups excluding tert-OH is 1. The van der Waals surface area contributed by atoms with E-state index in [9.17, 15) is 0 Å². The van der Waals surface area contributed by atoms with E-state index < -0.39 is 0 Å². The Morgan fingerprint density at radius 3 is 2.87 bits per heavy atom. The first-order valence-electron chi connectivity index (χ1n) is 4.66. The van der Waals surface area contributed by atoms with Crippen LogP contribution in [-0.2, 0) is 0 Å². The minimum absolute atomic E-state index is 0.0258. The topological polar surface area (TPSA) is 81.3 Å². The Balaban J connectivity index is 2.80. The fourth-order valence-electron chi connectivity index (χ4n) is 0.939. The molecule has 1 aromatic heterocycles. The zero-order valence-electron chi connectivity index (χ0n) is 8.80. The Kier molecular flexibility index (Phi) is 4.64. The molecule has 0 radical (unpaired) electrons. The monoisotopic (exact) mass is 229 g/mol. The number of ether oxygens (including phenoxy) is 1. The number of anilines is 1. The van der Waals surface area contributed by atoms with Crippen molar-refractivity contribution in [3.63, 3.8) is 0 Å². The summed E-state index contributed by atoms with van der Waals surface area (Å²) in [6, 6.07) is 0. The van der Waals surface area contributed by atoms with Crippen molar-refractivity contribution in [3.8, 4) is 5.88 Å². The highest BCUT2D eigenvalue weighted by Gasteiger charge is 2.10.